The summed E-state index contributed by atoms with van der Waals surface area (Å²) in [5.74, 6) is 1.77. The predicted molar refractivity (Wildman–Crippen MR) is 309 cm³/mol. The fourth-order valence-electron chi connectivity index (χ4n) is 11.8. The third kappa shape index (κ3) is 6.36. The van der Waals surface area contributed by atoms with Gasteiger partial charge in [0.2, 0.25) is 0 Å². The van der Waals surface area contributed by atoms with Gasteiger partial charge in [-0.2, -0.15) is 0 Å². The van der Waals surface area contributed by atoms with E-state index in [1.165, 1.54) is 10.8 Å². The first-order valence-electron chi connectivity index (χ1n) is 25.5. The van der Waals surface area contributed by atoms with E-state index in [2.05, 4.69) is 206 Å². The van der Waals surface area contributed by atoms with Gasteiger partial charge in [0.1, 0.15) is 11.3 Å². The average molecular weight is 972 g/mol. The zero-order valence-electron chi connectivity index (χ0n) is 40.7. The molecule has 0 saturated carbocycles. The first-order chi connectivity index (χ1) is 37.7. The minimum Gasteiger partial charge on any atom is -0.309 e. The standard InChI is InChI=1S/C67H41N9/c1-3-17-42(18-4-1)63-70-64(43-19-5-2-6-20-43)72-65(71-63)44-37-47(73-57-27-11-9-23-51(57)55-40-45(31-33-61(55)73)75-59-29-13-7-21-49(59)53-25-15-35-68-66(53)75)39-48(38-44)74-58-28-12-10-24-52(58)56-41-46(32-34-62(56)74)76-60-30-14-8-22-50(60)54-26-16-36-69-67(54)76/h1-41H. The minimum atomic E-state index is 0.569. The lowest BCUT2D eigenvalue weighted by Crippen LogP contribution is -2.03. The third-order valence-corrected chi connectivity index (χ3v) is 15.1. The van der Waals surface area contributed by atoms with Crippen molar-refractivity contribution >= 4 is 87.5 Å². The minimum absolute atomic E-state index is 0.569. The molecule has 0 unspecified atom stereocenters. The first kappa shape index (κ1) is 42.0. The van der Waals surface area contributed by atoms with Crippen molar-refractivity contribution in [2.75, 3.05) is 0 Å². The van der Waals surface area contributed by atoms with Crippen LogP contribution in [-0.4, -0.2) is 43.2 Å². The molecule has 16 aromatic rings. The molecular formula is C67H41N9. The number of hydrogen-bond acceptors (Lipinski definition) is 5. The van der Waals surface area contributed by atoms with Crippen LogP contribution in [0.5, 0.6) is 0 Å². The third-order valence-electron chi connectivity index (χ3n) is 15.1. The Bertz CT molecular complexity index is 4590. The quantitative estimate of drug-likeness (QED) is 0.159. The lowest BCUT2D eigenvalue weighted by molar-refractivity contribution is 1.07. The van der Waals surface area contributed by atoms with Crippen LogP contribution >= 0.6 is 0 Å². The molecule has 0 aliphatic heterocycles. The topological polar surface area (TPSA) is 84.2 Å². The van der Waals surface area contributed by atoms with Gasteiger partial charge >= 0.3 is 0 Å². The predicted octanol–water partition coefficient (Wildman–Crippen LogP) is 16.1. The number of benzene rings is 9. The summed E-state index contributed by atoms with van der Waals surface area (Å²) in [5.41, 5.74) is 15.1. The van der Waals surface area contributed by atoms with Crippen molar-refractivity contribution in [2.45, 2.75) is 0 Å². The SMILES string of the molecule is c1ccc(-c2nc(-c3ccccc3)nc(-c3cc(-n4c5ccccc5c5cc(-n6c7ccccc7c7cccnc76)ccc54)cc(-n4c5ccccc5c5cc(-n6c7ccccc7c7cccnc76)ccc54)c3)n2)cc1. The van der Waals surface area contributed by atoms with Crippen molar-refractivity contribution in [2.24, 2.45) is 0 Å². The molecule has 0 spiro atoms. The summed E-state index contributed by atoms with van der Waals surface area (Å²) in [6.45, 7) is 0. The molecule has 16 rings (SSSR count). The summed E-state index contributed by atoms with van der Waals surface area (Å²) in [4.78, 5) is 25.6. The van der Waals surface area contributed by atoms with Gasteiger partial charge in [0, 0.05) is 94.9 Å². The second-order valence-electron chi connectivity index (χ2n) is 19.3. The highest BCUT2D eigenvalue weighted by atomic mass is 15.1. The second kappa shape index (κ2) is 16.5. The zero-order chi connectivity index (χ0) is 49.8. The molecule has 7 heterocycles. The lowest BCUT2D eigenvalue weighted by atomic mass is 10.1. The Balaban J connectivity index is 0.967. The molecule has 9 heteroatoms. The molecular weight excluding hydrogens is 931 g/mol. The van der Waals surface area contributed by atoms with Gasteiger partial charge in [-0.1, -0.05) is 133 Å². The molecule has 0 atom stereocenters. The summed E-state index contributed by atoms with van der Waals surface area (Å²) in [6.07, 6.45) is 3.76. The Morgan fingerprint density at radius 1 is 0.224 bits per heavy atom. The summed E-state index contributed by atoms with van der Waals surface area (Å²) in [6, 6.07) is 83.7. The molecule has 9 nitrogen and oxygen atoms in total. The summed E-state index contributed by atoms with van der Waals surface area (Å²) in [7, 11) is 0. The van der Waals surface area contributed by atoms with E-state index < -0.39 is 0 Å². The number of para-hydroxylation sites is 4. The van der Waals surface area contributed by atoms with E-state index in [0.717, 1.165) is 116 Å². The van der Waals surface area contributed by atoms with Gasteiger partial charge in [-0.05, 0) is 103 Å². The highest BCUT2D eigenvalue weighted by Crippen LogP contribution is 2.41. The number of fused-ring (bicyclic) bond motifs is 12. The van der Waals surface area contributed by atoms with E-state index in [4.69, 9.17) is 24.9 Å². The van der Waals surface area contributed by atoms with Gasteiger partial charge in [0.05, 0.1) is 33.1 Å². The normalized spacial score (nSPS) is 11.9. The fraction of sp³-hybridized carbons (Fsp3) is 0. The fourth-order valence-corrected chi connectivity index (χ4v) is 11.8. The molecule has 76 heavy (non-hydrogen) atoms. The Hall–Kier alpha value is -10.5. The maximum Gasteiger partial charge on any atom is 0.164 e. The van der Waals surface area contributed by atoms with Crippen molar-refractivity contribution in [3.05, 3.63) is 249 Å². The van der Waals surface area contributed by atoms with Crippen molar-refractivity contribution in [3.8, 4) is 56.9 Å². The number of rotatable bonds is 7. The van der Waals surface area contributed by atoms with Gasteiger partial charge in [0.25, 0.3) is 0 Å². The largest absolute Gasteiger partial charge is 0.309 e. The van der Waals surface area contributed by atoms with Gasteiger partial charge in [-0.15, -0.1) is 0 Å². The molecule has 354 valence electrons. The van der Waals surface area contributed by atoms with Gasteiger partial charge in [-0.3, -0.25) is 9.13 Å². The Morgan fingerprint density at radius 3 is 1.00 bits per heavy atom. The van der Waals surface area contributed by atoms with Crippen molar-refractivity contribution in [3.63, 3.8) is 0 Å². The average Bonchev–Trinajstić information content (AvgIpc) is 4.36. The van der Waals surface area contributed by atoms with E-state index in [1.54, 1.807) is 0 Å². The van der Waals surface area contributed by atoms with Crippen molar-refractivity contribution in [1.29, 1.82) is 0 Å². The molecule has 0 bridgehead atoms. The molecule has 0 saturated heterocycles. The van der Waals surface area contributed by atoms with E-state index in [0.29, 0.717) is 17.5 Å². The Labute approximate surface area is 434 Å². The number of aromatic nitrogens is 9. The van der Waals surface area contributed by atoms with Crippen LogP contribution in [0.4, 0.5) is 0 Å². The van der Waals surface area contributed by atoms with E-state index in [1.807, 2.05) is 60.9 Å². The smallest absolute Gasteiger partial charge is 0.164 e. The van der Waals surface area contributed by atoms with Gasteiger partial charge in [-0.25, -0.2) is 24.9 Å². The Morgan fingerprint density at radius 2 is 0.566 bits per heavy atom. The maximum absolute atomic E-state index is 5.32. The summed E-state index contributed by atoms with van der Waals surface area (Å²) in [5, 5.41) is 9.13. The summed E-state index contributed by atoms with van der Waals surface area (Å²) >= 11 is 0. The van der Waals surface area contributed by atoms with Crippen LogP contribution in [0.1, 0.15) is 0 Å². The number of pyridine rings is 2. The molecule has 0 aliphatic rings. The van der Waals surface area contributed by atoms with Crippen LogP contribution < -0.4 is 0 Å². The van der Waals surface area contributed by atoms with Crippen LogP contribution in [0.25, 0.3) is 144 Å². The van der Waals surface area contributed by atoms with Crippen LogP contribution in [0, 0.1) is 0 Å². The molecule has 0 radical (unpaired) electrons. The maximum atomic E-state index is 5.32. The van der Waals surface area contributed by atoms with E-state index >= 15 is 0 Å². The van der Waals surface area contributed by atoms with Crippen LogP contribution in [-0.2, 0) is 0 Å². The van der Waals surface area contributed by atoms with Crippen molar-refractivity contribution in [1.82, 2.24) is 43.2 Å². The van der Waals surface area contributed by atoms with E-state index in [-0.39, 0.29) is 0 Å². The molecule has 0 amide bonds. The lowest BCUT2D eigenvalue weighted by Gasteiger charge is -2.16. The van der Waals surface area contributed by atoms with Crippen LogP contribution in [0.15, 0.2) is 249 Å². The molecule has 0 fully saturated rings. The Kier molecular flexibility index (Phi) is 9.13. The van der Waals surface area contributed by atoms with Crippen molar-refractivity contribution < 1.29 is 0 Å². The highest BCUT2D eigenvalue weighted by Gasteiger charge is 2.22. The number of nitrogens with zero attached hydrogens (tertiary/aromatic N) is 9. The first-order valence-corrected chi connectivity index (χ1v) is 25.5. The monoisotopic (exact) mass is 971 g/mol. The van der Waals surface area contributed by atoms with Gasteiger partial charge in [0.15, 0.2) is 17.5 Å². The molecule has 9 aromatic carbocycles. The highest BCUT2D eigenvalue weighted by molar-refractivity contribution is 6.14. The molecule has 7 aromatic heterocycles. The zero-order valence-corrected chi connectivity index (χ0v) is 40.7. The van der Waals surface area contributed by atoms with Crippen LogP contribution in [0.3, 0.4) is 0 Å². The summed E-state index contributed by atoms with van der Waals surface area (Å²) < 4.78 is 9.36. The molecule has 0 N–H and O–H groups in total. The van der Waals surface area contributed by atoms with Crippen LogP contribution in [0.2, 0.25) is 0 Å². The van der Waals surface area contributed by atoms with E-state index in [9.17, 15) is 0 Å². The van der Waals surface area contributed by atoms with Gasteiger partial charge < -0.3 is 9.13 Å². The molecule has 0 aliphatic carbocycles. The number of hydrogen-bond donors (Lipinski definition) is 0. The second-order valence-corrected chi connectivity index (χ2v) is 19.3.